The van der Waals surface area contributed by atoms with Gasteiger partial charge in [0.05, 0.1) is 42.1 Å². The quantitative estimate of drug-likeness (QED) is 0.797. The lowest BCUT2D eigenvalue weighted by molar-refractivity contribution is 0.276. The summed E-state index contributed by atoms with van der Waals surface area (Å²) in [4.78, 5) is 8.02. The van der Waals surface area contributed by atoms with Crippen LogP contribution < -0.4 is 0 Å². The molecule has 0 radical (unpaired) electrons. The van der Waals surface area contributed by atoms with Gasteiger partial charge in [0.1, 0.15) is 0 Å². The third-order valence-corrected chi connectivity index (χ3v) is 1.83. The molecule has 0 amide bonds. The fourth-order valence-electron chi connectivity index (χ4n) is 0.974. The van der Waals surface area contributed by atoms with E-state index in [4.69, 9.17) is 16.7 Å². The average Bonchev–Trinajstić information content (AvgIpc) is 2.65. The standard InChI is InChI=1S/C8H7ClN4O/c9-6-1-12-13(4-6)8-3-10-7(5-14)2-11-8/h1-4,14H,5H2. The zero-order valence-electron chi connectivity index (χ0n) is 7.13. The van der Waals surface area contributed by atoms with Crippen LogP contribution in [0.2, 0.25) is 5.02 Å². The fraction of sp³-hybridized carbons (Fsp3) is 0.125. The van der Waals surface area contributed by atoms with Gasteiger partial charge in [0.2, 0.25) is 0 Å². The van der Waals surface area contributed by atoms with Gasteiger partial charge in [0, 0.05) is 0 Å². The first-order chi connectivity index (χ1) is 6.79. The molecule has 2 rings (SSSR count). The van der Waals surface area contributed by atoms with Crippen LogP contribution in [0.15, 0.2) is 24.8 Å². The Labute approximate surface area is 85.0 Å². The van der Waals surface area contributed by atoms with Gasteiger partial charge in [0.15, 0.2) is 5.82 Å². The van der Waals surface area contributed by atoms with Crippen molar-refractivity contribution in [3.8, 4) is 5.82 Å². The Hall–Kier alpha value is -1.46. The number of aliphatic hydroxyl groups excluding tert-OH is 1. The number of aromatic nitrogens is 4. The molecule has 0 spiro atoms. The van der Waals surface area contributed by atoms with E-state index in [9.17, 15) is 0 Å². The minimum atomic E-state index is -0.118. The van der Waals surface area contributed by atoms with Crippen molar-refractivity contribution in [1.82, 2.24) is 19.7 Å². The lowest BCUT2D eigenvalue weighted by atomic mass is 10.5. The van der Waals surface area contributed by atoms with Gasteiger partial charge in [-0.05, 0) is 0 Å². The van der Waals surface area contributed by atoms with Crippen LogP contribution in [-0.4, -0.2) is 24.9 Å². The van der Waals surface area contributed by atoms with Crippen LogP contribution in [-0.2, 0) is 6.61 Å². The maximum atomic E-state index is 8.76. The van der Waals surface area contributed by atoms with Gasteiger partial charge in [-0.25, -0.2) is 9.67 Å². The Kier molecular flexibility index (Phi) is 2.43. The van der Waals surface area contributed by atoms with E-state index < -0.39 is 0 Å². The fourth-order valence-corrected chi connectivity index (χ4v) is 1.11. The molecule has 0 atom stereocenters. The van der Waals surface area contributed by atoms with Gasteiger partial charge in [-0.1, -0.05) is 11.6 Å². The van der Waals surface area contributed by atoms with E-state index in [2.05, 4.69) is 15.1 Å². The zero-order valence-corrected chi connectivity index (χ0v) is 7.89. The summed E-state index contributed by atoms with van der Waals surface area (Å²) < 4.78 is 1.51. The number of nitrogens with zero attached hydrogens (tertiary/aromatic N) is 4. The molecule has 0 bridgehead atoms. The third-order valence-electron chi connectivity index (χ3n) is 1.64. The van der Waals surface area contributed by atoms with Crippen LogP contribution in [0.25, 0.3) is 5.82 Å². The lowest BCUT2D eigenvalue weighted by Crippen LogP contribution is -2.00. The van der Waals surface area contributed by atoms with Gasteiger partial charge in [-0.3, -0.25) is 4.98 Å². The van der Waals surface area contributed by atoms with Gasteiger partial charge < -0.3 is 5.11 Å². The molecule has 0 aliphatic heterocycles. The monoisotopic (exact) mass is 210 g/mol. The maximum absolute atomic E-state index is 8.76. The van der Waals surface area contributed by atoms with Gasteiger partial charge in [0.25, 0.3) is 0 Å². The highest BCUT2D eigenvalue weighted by atomic mass is 35.5. The van der Waals surface area contributed by atoms with Crippen LogP contribution in [0, 0.1) is 0 Å². The molecule has 0 aliphatic rings. The number of hydrogen-bond donors (Lipinski definition) is 1. The summed E-state index contributed by atoms with van der Waals surface area (Å²) in [6.07, 6.45) is 6.16. The summed E-state index contributed by atoms with van der Waals surface area (Å²) in [5.41, 5.74) is 0.520. The van der Waals surface area contributed by atoms with Crippen molar-refractivity contribution in [2.24, 2.45) is 0 Å². The summed E-state index contributed by atoms with van der Waals surface area (Å²) in [7, 11) is 0. The molecule has 0 aromatic carbocycles. The molecule has 2 aromatic heterocycles. The van der Waals surface area contributed by atoms with E-state index in [1.165, 1.54) is 23.3 Å². The van der Waals surface area contributed by atoms with Crippen LogP contribution >= 0.6 is 11.6 Å². The van der Waals surface area contributed by atoms with Crippen LogP contribution in [0.1, 0.15) is 5.69 Å². The van der Waals surface area contributed by atoms with E-state index in [0.717, 1.165) is 0 Å². The summed E-state index contributed by atoms with van der Waals surface area (Å²) in [5.74, 6) is 0.564. The molecule has 6 heteroatoms. The molecule has 5 nitrogen and oxygen atoms in total. The number of rotatable bonds is 2. The topological polar surface area (TPSA) is 63.8 Å². The first-order valence-electron chi connectivity index (χ1n) is 3.92. The Morgan fingerprint density at radius 3 is 2.64 bits per heavy atom. The molecule has 0 saturated heterocycles. The van der Waals surface area contributed by atoms with Crippen molar-refractivity contribution in [2.75, 3.05) is 0 Å². The molecular formula is C8H7ClN4O. The van der Waals surface area contributed by atoms with Crippen molar-refractivity contribution in [2.45, 2.75) is 6.61 Å². The normalized spacial score (nSPS) is 10.4. The largest absolute Gasteiger partial charge is 0.390 e. The SMILES string of the molecule is OCc1cnc(-n2cc(Cl)cn2)cn1. The predicted octanol–water partition coefficient (Wildman–Crippen LogP) is 0.808. The summed E-state index contributed by atoms with van der Waals surface area (Å²) >= 11 is 5.70. The third kappa shape index (κ3) is 1.73. The second-order valence-corrected chi connectivity index (χ2v) is 3.06. The predicted molar refractivity (Wildman–Crippen MR) is 50.1 cm³/mol. The van der Waals surface area contributed by atoms with Crippen molar-refractivity contribution >= 4 is 11.6 Å². The van der Waals surface area contributed by atoms with Crippen LogP contribution in [0.5, 0.6) is 0 Å². The first-order valence-corrected chi connectivity index (χ1v) is 4.30. The number of hydrogen-bond acceptors (Lipinski definition) is 4. The minimum absolute atomic E-state index is 0.118. The lowest BCUT2D eigenvalue weighted by Gasteiger charge is -1.99. The number of aliphatic hydroxyl groups is 1. The van der Waals surface area contributed by atoms with Crippen LogP contribution in [0.3, 0.4) is 0 Å². The van der Waals surface area contributed by atoms with Crippen molar-refractivity contribution < 1.29 is 5.11 Å². The molecule has 0 saturated carbocycles. The highest BCUT2D eigenvalue weighted by molar-refractivity contribution is 6.30. The first kappa shape index (κ1) is 9.11. The Morgan fingerprint density at radius 1 is 1.29 bits per heavy atom. The van der Waals surface area contributed by atoms with E-state index in [-0.39, 0.29) is 6.61 Å². The number of halogens is 1. The van der Waals surface area contributed by atoms with Crippen LogP contribution in [0.4, 0.5) is 0 Å². The van der Waals surface area contributed by atoms with Gasteiger partial charge in [-0.15, -0.1) is 0 Å². The smallest absolute Gasteiger partial charge is 0.171 e. The molecule has 1 N–H and O–H groups in total. The highest BCUT2D eigenvalue weighted by Crippen LogP contribution is 2.08. The zero-order chi connectivity index (χ0) is 9.97. The van der Waals surface area contributed by atoms with Crippen molar-refractivity contribution in [3.05, 3.63) is 35.5 Å². The molecule has 2 heterocycles. The second-order valence-electron chi connectivity index (χ2n) is 2.63. The molecule has 0 aliphatic carbocycles. The van der Waals surface area contributed by atoms with Gasteiger partial charge >= 0.3 is 0 Å². The molecule has 0 fully saturated rings. The minimum Gasteiger partial charge on any atom is -0.390 e. The Balaban J connectivity index is 2.33. The molecule has 72 valence electrons. The molecular weight excluding hydrogens is 204 g/mol. The molecule has 0 unspecified atom stereocenters. The van der Waals surface area contributed by atoms with Crippen molar-refractivity contribution in [1.29, 1.82) is 0 Å². The second kappa shape index (κ2) is 3.73. The van der Waals surface area contributed by atoms with Crippen molar-refractivity contribution in [3.63, 3.8) is 0 Å². The maximum Gasteiger partial charge on any atom is 0.171 e. The van der Waals surface area contributed by atoms with Gasteiger partial charge in [-0.2, -0.15) is 5.10 Å². The van der Waals surface area contributed by atoms with E-state index >= 15 is 0 Å². The molecule has 14 heavy (non-hydrogen) atoms. The average molecular weight is 211 g/mol. The van der Waals surface area contributed by atoms with E-state index in [1.54, 1.807) is 6.20 Å². The summed E-state index contributed by atoms with van der Waals surface area (Å²) in [6.45, 7) is -0.118. The Morgan fingerprint density at radius 2 is 2.14 bits per heavy atom. The van der Waals surface area contributed by atoms with E-state index in [0.29, 0.717) is 16.5 Å². The summed E-state index contributed by atoms with van der Waals surface area (Å²) in [5, 5.41) is 13.3. The van der Waals surface area contributed by atoms with E-state index in [1.807, 2.05) is 0 Å². The highest BCUT2D eigenvalue weighted by Gasteiger charge is 2.00. The molecule has 2 aromatic rings. The summed E-state index contributed by atoms with van der Waals surface area (Å²) in [6, 6.07) is 0. The Bertz CT molecular complexity index is 425.